The summed E-state index contributed by atoms with van der Waals surface area (Å²) in [6.07, 6.45) is 10.8. The molecule has 4 aromatic rings. The third-order valence-electron chi connectivity index (χ3n) is 9.94. The number of nitrogens with one attached hydrogen (secondary N) is 2. The van der Waals surface area contributed by atoms with Gasteiger partial charge in [0.05, 0.1) is 6.61 Å². The van der Waals surface area contributed by atoms with Crippen molar-refractivity contribution in [1.82, 2.24) is 20.6 Å². The van der Waals surface area contributed by atoms with Crippen molar-refractivity contribution in [3.05, 3.63) is 102 Å². The molecule has 2 unspecified atom stereocenters. The number of nitrogens with zero attached hydrogens (tertiary/aromatic N) is 2. The summed E-state index contributed by atoms with van der Waals surface area (Å²) in [5, 5.41) is 15.6. The summed E-state index contributed by atoms with van der Waals surface area (Å²) in [5.41, 5.74) is 4.86. The zero-order chi connectivity index (χ0) is 38.5. The zero-order valence-electron chi connectivity index (χ0n) is 32.0. The van der Waals surface area contributed by atoms with Crippen molar-refractivity contribution >= 4 is 17.8 Å². The second-order valence-electron chi connectivity index (χ2n) is 15.1. The lowest BCUT2D eigenvalue weighted by atomic mass is 9.86. The van der Waals surface area contributed by atoms with Crippen LogP contribution in [0.3, 0.4) is 0 Å². The molecule has 2 heterocycles. The highest BCUT2D eigenvalue weighted by Crippen LogP contribution is 2.25. The molecule has 10 heteroatoms. The van der Waals surface area contributed by atoms with Crippen molar-refractivity contribution in [2.45, 2.75) is 96.6 Å². The monoisotopic (exact) mass is 734 g/mol. The molecule has 5 rings (SSSR count). The first-order chi connectivity index (χ1) is 26.0. The van der Waals surface area contributed by atoms with Crippen LogP contribution in [-0.2, 0) is 26.2 Å². The van der Waals surface area contributed by atoms with E-state index in [-0.39, 0.29) is 17.8 Å². The number of carbonyl (C=O) groups excluding carboxylic acids is 2. The zero-order valence-corrected chi connectivity index (χ0v) is 32.0. The summed E-state index contributed by atoms with van der Waals surface area (Å²) in [6, 6.07) is 20.6. The van der Waals surface area contributed by atoms with E-state index in [9.17, 15) is 19.5 Å². The largest absolute Gasteiger partial charge is 0.494 e. The van der Waals surface area contributed by atoms with Gasteiger partial charge in [0.2, 0.25) is 5.91 Å². The molecule has 1 fully saturated rings. The highest BCUT2D eigenvalue weighted by molar-refractivity contribution is 5.98. The number of aromatic nitrogens is 2. The van der Waals surface area contributed by atoms with Crippen molar-refractivity contribution in [2.24, 2.45) is 5.92 Å². The predicted molar refractivity (Wildman–Crippen MR) is 210 cm³/mol. The molecule has 0 radical (unpaired) electrons. The Morgan fingerprint density at radius 3 is 2.06 bits per heavy atom. The fraction of sp³-hybridized carbons (Fsp3) is 0.432. The second-order valence-corrected chi connectivity index (χ2v) is 15.1. The van der Waals surface area contributed by atoms with Crippen molar-refractivity contribution in [3.8, 4) is 28.3 Å². The van der Waals surface area contributed by atoms with Crippen molar-refractivity contribution in [2.75, 3.05) is 19.8 Å². The number of aliphatic carboxylic acids is 1. The van der Waals surface area contributed by atoms with E-state index in [1.165, 1.54) is 25.7 Å². The van der Waals surface area contributed by atoms with Gasteiger partial charge in [-0.2, -0.15) is 0 Å². The Balaban J connectivity index is 1.25. The quantitative estimate of drug-likeness (QED) is 0.0935. The van der Waals surface area contributed by atoms with Gasteiger partial charge in [0, 0.05) is 48.7 Å². The summed E-state index contributed by atoms with van der Waals surface area (Å²) in [5.74, 6) is -0.951. The standard InChI is InChI=1S/C44H54N4O6/c1-5-6-7-8-9-24-54-37-20-16-31(17-21-37)35-28-45-40(46-29-35)33-12-10-30(11-13-33)27-38(42(50)48-39(43(51)52)32-22-25-53-26-23-32)47-41(49)34-14-18-36(19-15-34)44(2,3)4/h10-21,28-29,32,38-39H,5-9,22-27H2,1-4H3,(H,47,49)(H,48,50)(H,51,52). The van der Waals surface area contributed by atoms with Crippen LogP contribution in [0.2, 0.25) is 0 Å². The maximum absolute atomic E-state index is 13.8. The van der Waals surface area contributed by atoms with E-state index in [1.54, 1.807) is 24.5 Å². The summed E-state index contributed by atoms with van der Waals surface area (Å²) in [4.78, 5) is 48.7. The molecule has 0 aliphatic carbocycles. The Morgan fingerprint density at radius 2 is 1.44 bits per heavy atom. The lowest BCUT2D eigenvalue weighted by Crippen LogP contribution is -2.55. The van der Waals surface area contributed by atoms with Crippen LogP contribution in [0, 0.1) is 5.92 Å². The van der Waals surface area contributed by atoms with Gasteiger partial charge in [-0.15, -0.1) is 0 Å². The van der Waals surface area contributed by atoms with Gasteiger partial charge >= 0.3 is 5.97 Å². The van der Waals surface area contributed by atoms with Gasteiger partial charge in [0.15, 0.2) is 5.82 Å². The van der Waals surface area contributed by atoms with E-state index in [1.807, 2.05) is 60.7 Å². The molecule has 10 nitrogen and oxygen atoms in total. The lowest BCUT2D eigenvalue weighted by Gasteiger charge is -2.29. The van der Waals surface area contributed by atoms with Crippen LogP contribution in [-0.4, -0.2) is 64.8 Å². The molecule has 1 aliphatic rings. The number of hydrogen-bond acceptors (Lipinski definition) is 7. The van der Waals surface area contributed by atoms with Crippen LogP contribution in [0.4, 0.5) is 0 Å². The molecule has 286 valence electrons. The average Bonchev–Trinajstić information content (AvgIpc) is 3.18. The Bertz CT molecular complexity index is 1800. The Labute approximate surface area is 319 Å². The molecule has 1 aromatic heterocycles. The fourth-order valence-electron chi connectivity index (χ4n) is 6.55. The van der Waals surface area contributed by atoms with Crippen LogP contribution in [0.5, 0.6) is 5.75 Å². The van der Waals surface area contributed by atoms with Gasteiger partial charge < -0.3 is 25.2 Å². The van der Waals surface area contributed by atoms with E-state index < -0.39 is 29.9 Å². The number of carbonyl (C=O) groups is 3. The molecule has 0 bridgehead atoms. The number of unbranched alkanes of at least 4 members (excludes halogenated alkanes) is 4. The number of benzene rings is 3. The van der Waals surface area contributed by atoms with Crippen molar-refractivity contribution < 1.29 is 29.0 Å². The Kier molecular flexibility index (Phi) is 14.3. The van der Waals surface area contributed by atoms with Gasteiger partial charge in [-0.25, -0.2) is 14.8 Å². The molecule has 54 heavy (non-hydrogen) atoms. The fourth-order valence-corrected chi connectivity index (χ4v) is 6.55. The van der Waals surface area contributed by atoms with E-state index in [2.05, 4.69) is 48.3 Å². The van der Waals surface area contributed by atoms with Gasteiger partial charge in [0.25, 0.3) is 5.91 Å². The first-order valence-electron chi connectivity index (χ1n) is 19.2. The van der Waals surface area contributed by atoms with Gasteiger partial charge in [-0.3, -0.25) is 9.59 Å². The van der Waals surface area contributed by atoms with E-state index in [0.29, 0.717) is 37.4 Å². The highest BCUT2D eigenvalue weighted by Gasteiger charge is 2.33. The second kappa shape index (κ2) is 19.3. The minimum absolute atomic E-state index is 0.0820. The molecule has 0 spiro atoms. The molecule has 3 aromatic carbocycles. The Hall–Kier alpha value is -5.09. The van der Waals surface area contributed by atoms with Crippen LogP contribution in [0.15, 0.2) is 85.2 Å². The van der Waals surface area contributed by atoms with Crippen molar-refractivity contribution in [1.29, 1.82) is 0 Å². The van der Waals surface area contributed by atoms with Crippen LogP contribution in [0.25, 0.3) is 22.5 Å². The van der Waals surface area contributed by atoms with Gasteiger partial charge in [-0.05, 0) is 71.6 Å². The molecule has 1 saturated heterocycles. The van der Waals surface area contributed by atoms with Gasteiger partial charge in [0.1, 0.15) is 17.8 Å². The molecule has 1 aliphatic heterocycles. The van der Waals surface area contributed by atoms with Crippen LogP contribution in [0.1, 0.15) is 94.1 Å². The molecular weight excluding hydrogens is 681 g/mol. The normalized spacial score (nSPS) is 14.5. The van der Waals surface area contributed by atoms with Gasteiger partial charge in [-0.1, -0.05) is 102 Å². The topological polar surface area (TPSA) is 140 Å². The number of rotatable bonds is 17. The van der Waals surface area contributed by atoms with E-state index in [4.69, 9.17) is 9.47 Å². The highest BCUT2D eigenvalue weighted by atomic mass is 16.5. The first-order valence-corrected chi connectivity index (χ1v) is 19.2. The molecule has 2 amide bonds. The minimum Gasteiger partial charge on any atom is -0.494 e. The molecule has 3 N–H and O–H groups in total. The van der Waals surface area contributed by atoms with Crippen molar-refractivity contribution in [3.63, 3.8) is 0 Å². The van der Waals surface area contributed by atoms with Crippen LogP contribution < -0.4 is 15.4 Å². The Morgan fingerprint density at radius 1 is 0.815 bits per heavy atom. The predicted octanol–water partition coefficient (Wildman–Crippen LogP) is 7.79. The average molecular weight is 735 g/mol. The number of ether oxygens (including phenoxy) is 2. The third kappa shape index (κ3) is 11.5. The third-order valence-corrected chi connectivity index (χ3v) is 9.94. The maximum Gasteiger partial charge on any atom is 0.326 e. The van der Waals surface area contributed by atoms with Crippen LogP contribution >= 0.6 is 0 Å². The number of hydrogen-bond donors (Lipinski definition) is 3. The minimum atomic E-state index is -1.11. The SMILES string of the molecule is CCCCCCCOc1ccc(-c2cnc(-c3ccc(CC(NC(=O)c4ccc(C(C)(C)C)cc4)C(=O)NC(C(=O)O)C4CCOCC4)cc3)nc2)cc1. The summed E-state index contributed by atoms with van der Waals surface area (Å²) < 4.78 is 11.3. The maximum atomic E-state index is 13.8. The van der Waals surface area contributed by atoms with E-state index >= 15 is 0 Å². The number of carboxylic acids is 1. The molecular formula is C44H54N4O6. The summed E-state index contributed by atoms with van der Waals surface area (Å²) >= 11 is 0. The summed E-state index contributed by atoms with van der Waals surface area (Å²) in [6.45, 7) is 10.1. The lowest BCUT2D eigenvalue weighted by molar-refractivity contribution is -0.144. The first kappa shape index (κ1) is 40.1. The number of amides is 2. The van der Waals surface area contributed by atoms with E-state index in [0.717, 1.165) is 46.6 Å². The number of carboxylic acid groups (broad SMARTS) is 1. The molecule has 2 atom stereocenters. The molecule has 0 saturated carbocycles. The smallest absolute Gasteiger partial charge is 0.326 e. The summed E-state index contributed by atoms with van der Waals surface area (Å²) in [7, 11) is 0.